The van der Waals surface area contributed by atoms with Crippen LogP contribution in [0.25, 0.3) is 0 Å². The number of halogens is 1. The summed E-state index contributed by atoms with van der Waals surface area (Å²) in [5.74, 6) is -1.31. The predicted molar refractivity (Wildman–Crippen MR) is 91.9 cm³/mol. The SMILES string of the molecule is COC(=O)C(Cc1cc(N=C(N)N=C(N)N)ccc1Cl)NC(C)=O. The van der Waals surface area contributed by atoms with Gasteiger partial charge in [-0.2, -0.15) is 4.99 Å². The molecule has 1 amide bonds. The van der Waals surface area contributed by atoms with E-state index in [4.69, 9.17) is 28.8 Å². The summed E-state index contributed by atoms with van der Waals surface area (Å²) in [6.07, 6.45) is 0.122. The third-order valence-electron chi connectivity index (χ3n) is 2.80. The van der Waals surface area contributed by atoms with Crippen molar-refractivity contribution in [2.75, 3.05) is 7.11 Å². The molecule has 0 radical (unpaired) electrons. The molecule has 0 aliphatic carbocycles. The Morgan fingerprint density at radius 2 is 2.00 bits per heavy atom. The van der Waals surface area contributed by atoms with Gasteiger partial charge in [0.05, 0.1) is 12.8 Å². The number of guanidine groups is 2. The first kappa shape index (κ1) is 19.2. The fraction of sp³-hybridized carbons (Fsp3) is 0.286. The fourth-order valence-electron chi connectivity index (χ4n) is 1.88. The highest BCUT2D eigenvalue weighted by atomic mass is 35.5. The van der Waals surface area contributed by atoms with Crippen molar-refractivity contribution in [3.05, 3.63) is 28.8 Å². The monoisotopic (exact) mass is 354 g/mol. The van der Waals surface area contributed by atoms with Crippen molar-refractivity contribution in [2.45, 2.75) is 19.4 Å². The highest BCUT2D eigenvalue weighted by Gasteiger charge is 2.21. The van der Waals surface area contributed by atoms with E-state index in [1.165, 1.54) is 14.0 Å². The Morgan fingerprint density at radius 3 is 2.54 bits per heavy atom. The Balaban J connectivity index is 3.10. The molecule has 0 saturated heterocycles. The molecule has 7 N–H and O–H groups in total. The molecular weight excluding hydrogens is 336 g/mol. The molecule has 1 atom stereocenters. The average Bonchev–Trinajstić information content (AvgIpc) is 2.47. The van der Waals surface area contributed by atoms with Gasteiger partial charge < -0.3 is 27.3 Å². The number of hydrogen-bond acceptors (Lipinski definition) is 4. The standard InChI is InChI=1S/C14H19ClN6O3/c1-7(22)19-11(12(23)24-2)6-8-5-9(3-4-10(8)15)20-14(18)21-13(16)17/h3-5,11H,6H2,1-2H3,(H,19,22)(H6,16,17,18,20,21). The van der Waals surface area contributed by atoms with E-state index < -0.39 is 12.0 Å². The summed E-state index contributed by atoms with van der Waals surface area (Å²) in [6, 6.07) is 3.92. The van der Waals surface area contributed by atoms with Gasteiger partial charge >= 0.3 is 5.97 Å². The molecule has 1 aromatic rings. The summed E-state index contributed by atoms with van der Waals surface area (Å²) >= 11 is 6.13. The minimum Gasteiger partial charge on any atom is -0.467 e. The smallest absolute Gasteiger partial charge is 0.328 e. The molecule has 0 aliphatic heterocycles. The number of esters is 1. The number of benzene rings is 1. The Kier molecular flexibility index (Phi) is 6.99. The summed E-state index contributed by atoms with van der Waals surface area (Å²) in [5, 5.41) is 2.90. The van der Waals surface area contributed by atoms with Gasteiger partial charge in [-0.25, -0.2) is 9.79 Å². The van der Waals surface area contributed by atoms with E-state index in [-0.39, 0.29) is 24.2 Å². The highest BCUT2D eigenvalue weighted by Crippen LogP contribution is 2.24. The van der Waals surface area contributed by atoms with Crippen molar-refractivity contribution in [3.8, 4) is 0 Å². The zero-order valence-corrected chi connectivity index (χ0v) is 14.0. The molecule has 1 unspecified atom stereocenters. The van der Waals surface area contributed by atoms with Gasteiger partial charge in [0.15, 0.2) is 5.96 Å². The van der Waals surface area contributed by atoms with Crippen LogP contribution in [-0.2, 0) is 20.7 Å². The first-order valence-electron chi connectivity index (χ1n) is 6.80. The lowest BCUT2D eigenvalue weighted by Crippen LogP contribution is -2.42. The van der Waals surface area contributed by atoms with Crippen LogP contribution in [0.5, 0.6) is 0 Å². The first-order chi connectivity index (χ1) is 11.2. The Morgan fingerprint density at radius 1 is 1.33 bits per heavy atom. The van der Waals surface area contributed by atoms with Gasteiger partial charge in [0.2, 0.25) is 11.9 Å². The summed E-state index contributed by atoms with van der Waals surface area (Å²) in [6.45, 7) is 1.30. The fourth-order valence-corrected chi connectivity index (χ4v) is 2.07. The Hall–Kier alpha value is -2.81. The number of ether oxygens (including phenoxy) is 1. The summed E-state index contributed by atoms with van der Waals surface area (Å²) < 4.78 is 4.67. The molecule has 0 aromatic heterocycles. The molecule has 130 valence electrons. The maximum absolute atomic E-state index is 11.8. The van der Waals surface area contributed by atoms with Crippen molar-refractivity contribution < 1.29 is 14.3 Å². The van der Waals surface area contributed by atoms with Crippen LogP contribution >= 0.6 is 11.6 Å². The number of methoxy groups -OCH3 is 1. The lowest BCUT2D eigenvalue weighted by Gasteiger charge is -2.16. The van der Waals surface area contributed by atoms with E-state index in [1.807, 2.05) is 0 Å². The average molecular weight is 355 g/mol. The van der Waals surface area contributed by atoms with Crippen LogP contribution in [0, 0.1) is 0 Å². The second kappa shape index (κ2) is 8.73. The lowest BCUT2D eigenvalue weighted by atomic mass is 10.0. The van der Waals surface area contributed by atoms with E-state index in [0.29, 0.717) is 16.3 Å². The minimum atomic E-state index is -0.876. The normalized spacial score (nSPS) is 12.2. The minimum absolute atomic E-state index is 0.122. The van der Waals surface area contributed by atoms with Gasteiger partial charge in [0.1, 0.15) is 6.04 Å². The second-order valence-corrected chi connectivity index (χ2v) is 5.17. The number of nitrogens with two attached hydrogens (primary N) is 3. The zero-order valence-electron chi connectivity index (χ0n) is 13.2. The molecule has 0 saturated carbocycles. The largest absolute Gasteiger partial charge is 0.467 e. The number of nitrogens with zero attached hydrogens (tertiary/aromatic N) is 2. The predicted octanol–water partition coefficient (Wildman–Crippen LogP) is -0.220. The molecule has 0 fully saturated rings. The van der Waals surface area contributed by atoms with Crippen LogP contribution in [0.15, 0.2) is 28.2 Å². The third-order valence-corrected chi connectivity index (χ3v) is 3.17. The number of nitrogens with one attached hydrogen (secondary N) is 1. The van der Waals surface area contributed by atoms with E-state index in [9.17, 15) is 9.59 Å². The van der Waals surface area contributed by atoms with Crippen LogP contribution < -0.4 is 22.5 Å². The number of hydrogen-bond donors (Lipinski definition) is 4. The van der Waals surface area contributed by atoms with Gasteiger partial charge in [0.25, 0.3) is 0 Å². The summed E-state index contributed by atoms with van der Waals surface area (Å²) in [7, 11) is 1.23. The Labute approximate surface area is 143 Å². The van der Waals surface area contributed by atoms with Crippen LogP contribution in [0.4, 0.5) is 5.69 Å². The number of rotatable bonds is 5. The van der Waals surface area contributed by atoms with Gasteiger partial charge in [-0.05, 0) is 23.8 Å². The van der Waals surface area contributed by atoms with Gasteiger partial charge in [-0.3, -0.25) is 4.79 Å². The molecule has 24 heavy (non-hydrogen) atoms. The van der Waals surface area contributed by atoms with Crippen LogP contribution in [0.1, 0.15) is 12.5 Å². The third kappa shape index (κ3) is 6.13. The second-order valence-electron chi connectivity index (χ2n) is 4.76. The summed E-state index contributed by atoms with van der Waals surface area (Å²) in [5.41, 5.74) is 17.0. The lowest BCUT2D eigenvalue weighted by molar-refractivity contribution is -0.144. The van der Waals surface area contributed by atoms with Crippen LogP contribution in [0.3, 0.4) is 0 Å². The molecule has 9 nitrogen and oxygen atoms in total. The van der Waals surface area contributed by atoms with Gasteiger partial charge in [0, 0.05) is 18.4 Å². The molecule has 10 heteroatoms. The maximum Gasteiger partial charge on any atom is 0.328 e. The molecule has 0 aliphatic rings. The highest BCUT2D eigenvalue weighted by molar-refractivity contribution is 6.31. The first-order valence-corrected chi connectivity index (χ1v) is 7.18. The van der Waals surface area contributed by atoms with Crippen molar-refractivity contribution in [3.63, 3.8) is 0 Å². The molecule has 1 aromatic carbocycles. The molecule has 0 spiro atoms. The molecule has 1 rings (SSSR count). The van der Waals surface area contributed by atoms with Crippen molar-refractivity contribution >= 4 is 41.1 Å². The number of aliphatic imine (C=N–C) groups is 2. The topological polar surface area (TPSA) is 158 Å². The zero-order chi connectivity index (χ0) is 18.3. The molecule has 0 heterocycles. The molecular formula is C14H19ClN6O3. The maximum atomic E-state index is 11.8. The number of amides is 1. The van der Waals surface area contributed by atoms with E-state index in [1.54, 1.807) is 18.2 Å². The van der Waals surface area contributed by atoms with Gasteiger partial charge in [-0.15, -0.1) is 0 Å². The van der Waals surface area contributed by atoms with E-state index in [2.05, 4.69) is 20.0 Å². The number of carbonyl (C=O) groups excluding carboxylic acids is 2. The quantitative estimate of drug-likeness (QED) is 0.325. The Bertz CT molecular complexity index is 685. The van der Waals surface area contributed by atoms with Crippen LogP contribution in [0.2, 0.25) is 5.02 Å². The van der Waals surface area contributed by atoms with E-state index in [0.717, 1.165) is 0 Å². The summed E-state index contributed by atoms with van der Waals surface area (Å²) in [4.78, 5) is 30.6. The van der Waals surface area contributed by atoms with Crippen LogP contribution in [-0.4, -0.2) is 36.9 Å². The van der Waals surface area contributed by atoms with Crippen molar-refractivity contribution in [2.24, 2.45) is 27.2 Å². The van der Waals surface area contributed by atoms with Crippen molar-refractivity contribution in [1.82, 2.24) is 5.32 Å². The number of carbonyl (C=O) groups is 2. The van der Waals surface area contributed by atoms with Crippen molar-refractivity contribution in [1.29, 1.82) is 0 Å². The van der Waals surface area contributed by atoms with Gasteiger partial charge in [-0.1, -0.05) is 11.6 Å². The molecule has 0 bridgehead atoms. The van der Waals surface area contributed by atoms with E-state index >= 15 is 0 Å².